The van der Waals surface area contributed by atoms with Crippen LogP contribution in [-0.4, -0.2) is 29.1 Å². The van der Waals surface area contributed by atoms with Crippen molar-refractivity contribution in [2.45, 2.75) is 27.7 Å². The van der Waals surface area contributed by atoms with E-state index in [0.29, 0.717) is 41.2 Å². The third kappa shape index (κ3) is 5.10. The molecule has 3 rings (SSSR count). The standard InChI is InChI=1S/C22H24IN3O4/c1-5-29-18-11-14(10-16(23)19(18)30-13-22(2,3)4)12-24-26-20(27)15-8-6-7-9-17(15)25-21(26)28/h6-12H,5,13H2,1-4H3,(H,25,28). The molecule has 0 fully saturated rings. The maximum Gasteiger partial charge on any atom is 0.349 e. The summed E-state index contributed by atoms with van der Waals surface area (Å²) in [5.74, 6) is 1.26. The maximum absolute atomic E-state index is 12.6. The molecule has 0 aliphatic rings. The van der Waals surface area contributed by atoms with Crippen molar-refractivity contribution in [2.75, 3.05) is 13.2 Å². The van der Waals surface area contributed by atoms with Gasteiger partial charge in [0.2, 0.25) is 0 Å². The fourth-order valence-electron chi connectivity index (χ4n) is 2.74. The number of H-pyrrole nitrogens is 1. The first-order valence-corrected chi connectivity index (χ1v) is 10.6. The molecule has 7 nitrogen and oxygen atoms in total. The second-order valence-electron chi connectivity index (χ2n) is 7.95. The Labute approximate surface area is 187 Å². The zero-order valence-electron chi connectivity index (χ0n) is 17.4. The molecule has 1 heterocycles. The SMILES string of the molecule is CCOc1cc(C=Nn2c(=O)[nH]c3ccccc3c2=O)cc(I)c1OCC(C)(C)C. The van der Waals surface area contributed by atoms with Crippen molar-refractivity contribution in [1.29, 1.82) is 0 Å². The normalized spacial score (nSPS) is 11.9. The van der Waals surface area contributed by atoms with Gasteiger partial charge in [0.05, 0.1) is 33.9 Å². The van der Waals surface area contributed by atoms with E-state index in [9.17, 15) is 9.59 Å². The lowest BCUT2D eigenvalue weighted by Crippen LogP contribution is -2.32. The molecule has 0 unspecified atom stereocenters. The van der Waals surface area contributed by atoms with Crippen molar-refractivity contribution in [1.82, 2.24) is 9.66 Å². The van der Waals surface area contributed by atoms with Crippen LogP contribution in [0.1, 0.15) is 33.3 Å². The van der Waals surface area contributed by atoms with Gasteiger partial charge in [0.1, 0.15) is 0 Å². The van der Waals surface area contributed by atoms with Crippen molar-refractivity contribution < 1.29 is 9.47 Å². The first-order chi connectivity index (χ1) is 14.2. The van der Waals surface area contributed by atoms with E-state index >= 15 is 0 Å². The van der Waals surface area contributed by atoms with Crippen molar-refractivity contribution in [3.8, 4) is 11.5 Å². The predicted octanol–water partition coefficient (Wildman–Crippen LogP) is 4.00. The van der Waals surface area contributed by atoms with Gasteiger partial charge >= 0.3 is 5.69 Å². The van der Waals surface area contributed by atoms with Crippen LogP contribution in [0.4, 0.5) is 0 Å². The van der Waals surface area contributed by atoms with E-state index in [4.69, 9.17) is 9.47 Å². The number of benzene rings is 2. The second kappa shape index (κ2) is 9.03. The highest BCUT2D eigenvalue weighted by Gasteiger charge is 2.17. The van der Waals surface area contributed by atoms with Gasteiger partial charge < -0.3 is 14.5 Å². The molecule has 0 saturated heterocycles. The number of para-hydroxylation sites is 1. The van der Waals surface area contributed by atoms with Gasteiger partial charge in [-0.3, -0.25) is 4.79 Å². The van der Waals surface area contributed by atoms with Crippen LogP contribution in [0.15, 0.2) is 51.1 Å². The summed E-state index contributed by atoms with van der Waals surface area (Å²) in [6.07, 6.45) is 1.46. The summed E-state index contributed by atoms with van der Waals surface area (Å²) < 4.78 is 13.4. The average molecular weight is 521 g/mol. The van der Waals surface area contributed by atoms with Crippen molar-refractivity contribution in [3.63, 3.8) is 0 Å². The molecular formula is C22H24IN3O4. The average Bonchev–Trinajstić information content (AvgIpc) is 2.66. The van der Waals surface area contributed by atoms with Gasteiger partial charge in [-0.25, -0.2) is 4.79 Å². The number of fused-ring (bicyclic) bond motifs is 1. The van der Waals surface area contributed by atoms with Gasteiger partial charge in [-0.15, -0.1) is 4.68 Å². The van der Waals surface area contributed by atoms with Crippen LogP contribution in [0.25, 0.3) is 10.9 Å². The molecule has 0 atom stereocenters. The minimum Gasteiger partial charge on any atom is -0.490 e. The molecule has 158 valence electrons. The molecule has 0 aliphatic carbocycles. The van der Waals surface area contributed by atoms with Crippen molar-refractivity contribution in [2.24, 2.45) is 10.5 Å². The second-order valence-corrected chi connectivity index (χ2v) is 9.11. The smallest absolute Gasteiger partial charge is 0.349 e. The fraction of sp³-hybridized carbons (Fsp3) is 0.318. The Morgan fingerprint density at radius 2 is 1.90 bits per heavy atom. The number of hydrogen-bond donors (Lipinski definition) is 1. The minimum absolute atomic E-state index is 0.00493. The molecular weight excluding hydrogens is 497 g/mol. The molecule has 0 aliphatic heterocycles. The highest BCUT2D eigenvalue weighted by Crippen LogP contribution is 2.35. The Kier molecular flexibility index (Phi) is 6.64. The Bertz CT molecular complexity index is 1210. The Morgan fingerprint density at radius 3 is 2.60 bits per heavy atom. The Morgan fingerprint density at radius 1 is 1.17 bits per heavy atom. The van der Waals surface area contributed by atoms with E-state index in [1.165, 1.54) is 6.21 Å². The monoisotopic (exact) mass is 521 g/mol. The number of halogens is 1. The molecule has 3 aromatic rings. The van der Waals surface area contributed by atoms with Crippen molar-refractivity contribution in [3.05, 3.63) is 66.4 Å². The highest BCUT2D eigenvalue weighted by atomic mass is 127. The molecule has 2 aromatic carbocycles. The molecule has 1 aromatic heterocycles. The van der Waals surface area contributed by atoms with E-state index < -0.39 is 11.2 Å². The zero-order chi connectivity index (χ0) is 21.9. The number of aromatic nitrogens is 2. The van der Waals surface area contributed by atoms with Crippen LogP contribution >= 0.6 is 22.6 Å². The number of rotatable bonds is 6. The van der Waals surface area contributed by atoms with Gasteiger partial charge in [-0.05, 0) is 64.8 Å². The van der Waals surface area contributed by atoms with E-state index in [-0.39, 0.29) is 5.41 Å². The molecule has 0 saturated carbocycles. The molecule has 8 heteroatoms. The van der Waals surface area contributed by atoms with Gasteiger partial charge in [-0.2, -0.15) is 5.10 Å². The van der Waals surface area contributed by atoms with Crippen LogP contribution in [0, 0.1) is 8.99 Å². The summed E-state index contributed by atoms with van der Waals surface area (Å²) in [6, 6.07) is 10.5. The van der Waals surface area contributed by atoms with Crippen LogP contribution in [-0.2, 0) is 0 Å². The third-order valence-electron chi connectivity index (χ3n) is 4.09. The first kappa shape index (κ1) is 22.1. The van der Waals surface area contributed by atoms with Crippen LogP contribution in [0.3, 0.4) is 0 Å². The van der Waals surface area contributed by atoms with Crippen LogP contribution in [0.5, 0.6) is 11.5 Å². The number of nitrogens with zero attached hydrogens (tertiary/aromatic N) is 2. The third-order valence-corrected chi connectivity index (χ3v) is 4.89. The number of ether oxygens (including phenoxy) is 2. The molecule has 0 bridgehead atoms. The number of aromatic amines is 1. The highest BCUT2D eigenvalue weighted by molar-refractivity contribution is 14.1. The number of nitrogens with one attached hydrogen (secondary N) is 1. The summed E-state index contributed by atoms with van der Waals surface area (Å²) in [4.78, 5) is 27.6. The Balaban J connectivity index is 1.99. The van der Waals surface area contributed by atoms with Gasteiger partial charge in [0, 0.05) is 0 Å². The number of hydrogen-bond acceptors (Lipinski definition) is 5. The van der Waals surface area contributed by atoms with Gasteiger partial charge in [-0.1, -0.05) is 32.9 Å². The molecule has 0 radical (unpaired) electrons. The van der Waals surface area contributed by atoms with E-state index in [2.05, 4.69) is 53.4 Å². The molecule has 1 N–H and O–H groups in total. The maximum atomic E-state index is 12.6. The Hall–Kier alpha value is -2.62. The van der Waals surface area contributed by atoms with Gasteiger partial charge in [0.15, 0.2) is 11.5 Å². The summed E-state index contributed by atoms with van der Waals surface area (Å²) in [5, 5.41) is 4.51. The van der Waals surface area contributed by atoms with Crippen LogP contribution < -0.4 is 20.7 Å². The van der Waals surface area contributed by atoms with Crippen molar-refractivity contribution >= 4 is 39.7 Å². The molecule has 0 amide bonds. The van der Waals surface area contributed by atoms with Crippen LogP contribution in [0.2, 0.25) is 0 Å². The largest absolute Gasteiger partial charge is 0.490 e. The summed E-state index contributed by atoms with van der Waals surface area (Å²) in [5.41, 5.74) is 0.0958. The lowest BCUT2D eigenvalue weighted by Gasteiger charge is -2.21. The fourth-order valence-corrected chi connectivity index (χ4v) is 3.52. The predicted molar refractivity (Wildman–Crippen MR) is 127 cm³/mol. The van der Waals surface area contributed by atoms with E-state index in [1.54, 1.807) is 30.3 Å². The quantitative estimate of drug-likeness (QED) is 0.393. The first-order valence-electron chi connectivity index (χ1n) is 9.57. The summed E-state index contributed by atoms with van der Waals surface area (Å²) in [7, 11) is 0. The molecule has 0 spiro atoms. The topological polar surface area (TPSA) is 85.7 Å². The van der Waals surface area contributed by atoms with Gasteiger partial charge in [0.25, 0.3) is 5.56 Å². The van der Waals surface area contributed by atoms with E-state index in [0.717, 1.165) is 8.25 Å². The zero-order valence-corrected chi connectivity index (χ0v) is 19.5. The minimum atomic E-state index is -0.597. The lowest BCUT2D eigenvalue weighted by molar-refractivity contribution is 0.187. The summed E-state index contributed by atoms with van der Waals surface area (Å²) in [6.45, 7) is 9.21. The lowest BCUT2D eigenvalue weighted by atomic mass is 9.99. The summed E-state index contributed by atoms with van der Waals surface area (Å²) >= 11 is 2.18. The molecule has 30 heavy (non-hydrogen) atoms. The van der Waals surface area contributed by atoms with E-state index in [1.807, 2.05) is 13.0 Å².